The van der Waals surface area contributed by atoms with Crippen LogP contribution in [0.1, 0.15) is 23.7 Å². The van der Waals surface area contributed by atoms with Crippen molar-refractivity contribution in [2.24, 2.45) is 0 Å². The first-order valence-electron chi connectivity index (χ1n) is 8.43. The van der Waals surface area contributed by atoms with Crippen molar-refractivity contribution >= 4 is 49.9 Å². The fourth-order valence-corrected chi connectivity index (χ4v) is 3.99. The third-order valence-electron chi connectivity index (χ3n) is 3.89. The molecule has 29 heavy (non-hydrogen) atoms. The Balaban J connectivity index is 1.92. The van der Waals surface area contributed by atoms with Crippen LogP contribution in [0.2, 0.25) is 5.02 Å². The van der Waals surface area contributed by atoms with E-state index in [1.165, 1.54) is 19.4 Å². The Bertz CT molecular complexity index is 1180. The molecule has 0 unspecified atom stereocenters. The van der Waals surface area contributed by atoms with Crippen molar-refractivity contribution in [2.45, 2.75) is 13.3 Å². The number of aromatic nitrogens is 3. The summed E-state index contributed by atoms with van der Waals surface area (Å²) < 4.78 is 45.9. The first kappa shape index (κ1) is 20.8. The number of nitrogens with zero attached hydrogens (tertiary/aromatic N) is 2. The lowest BCUT2D eigenvalue weighted by molar-refractivity contribution is 0.102. The van der Waals surface area contributed by atoms with Gasteiger partial charge in [0.2, 0.25) is 15.9 Å². The molecule has 0 fully saturated rings. The number of amides is 1. The van der Waals surface area contributed by atoms with E-state index in [9.17, 15) is 17.6 Å². The maximum Gasteiger partial charge on any atom is 0.260 e. The maximum atomic E-state index is 14.9. The van der Waals surface area contributed by atoms with Gasteiger partial charge in [0.1, 0.15) is 0 Å². The van der Waals surface area contributed by atoms with Crippen LogP contribution in [0.5, 0.6) is 5.88 Å². The molecule has 9 nitrogen and oxygen atoms in total. The minimum atomic E-state index is -3.75. The summed E-state index contributed by atoms with van der Waals surface area (Å²) in [5.41, 5.74) is -0.174. The molecule has 0 spiro atoms. The van der Waals surface area contributed by atoms with E-state index >= 15 is 0 Å². The van der Waals surface area contributed by atoms with Gasteiger partial charge in [-0.25, -0.2) is 17.8 Å². The van der Waals surface area contributed by atoms with E-state index in [0.717, 1.165) is 6.07 Å². The number of halogens is 2. The van der Waals surface area contributed by atoms with Crippen LogP contribution in [-0.2, 0) is 10.0 Å². The van der Waals surface area contributed by atoms with Gasteiger partial charge in [0.05, 0.1) is 46.4 Å². The van der Waals surface area contributed by atoms with Crippen molar-refractivity contribution < 1.29 is 22.3 Å². The van der Waals surface area contributed by atoms with Crippen LogP contribution < -0.4 is 14.8 Å². The molecule has 0 aliphatic heterocycles. The maximum absolute atomic E-state index is 14.9. The fourth-order valence-electron chi connectivity index (χ4n) is 2.63. The van der Waals surface area contributed by atoms with Crippen molar-refractivity contribution in [3.8, 4) is 5.88 Å². The van der Waals surface area contributed by atoms with E-state index in [-0.39, 0.29) is 28.0 Å². The molecule has 12 heteroatoms. The Kier molecular flexibility index (Phi) is 5.89. The second kappa shape index (κ2) is 8.21. The molecular formula is C17H17ClFN5O4S. The number of hydrogen-bond acceptors (Lipinski definition) is 6. The zero-order valence-electron chi connectivity index (χ0n) is 15.4. The van der Waals surface area contributed by atoms with E-state index in [1.807, 2.05) is 0 Å². The van der Waals surface area contributed by atoms with Crippen LogP contribution in [0.3, 0.4) is 0 Å². The van der Waals surface area contributed by atoms with Crippen LogP contribution in [0, 0.1) is 5.82 Å². The monoisotopic (exact) mass is 441 g/mol. The topological polar surface area (TPSA) is 126 Å². The minimum Gasteiger partial charge on any atom is -0.479 e. The number of hydrogen-bond donors (Lipinski definition) is 3. The fraction of sp³-hybridized carbons (Fsp3) is 0.235. The lowest BCUT2D eigenvalue weighted by Gasteiger charge is -2.13. The zero-order valence-corrected chi connectivity index (χ0v) is 17.0. The number of rotatable bonds is 7. The number of benzene rings is 1. The molecule has 0 bridgehead atoms. The number of pyridine rings is 1. The number of aromatic amines is 1. The highest BCUT2D eigenvalue weighted by molar-refractivity contribution is 7.92. The van der Waals surface area contributed by atoms with Crippen molar-refractivity contribution in [1.82, 2.24) is 15.2 Å². The Morgan fingerprint density at radius 3 is 2.83 bits per heavy atom. The Morgan fingerprint density at radius 1 is 1.38 bits per heavy atom. The number of carbonyl (C=O) groups excluding carboxylic acids is 1. The van der Waals surface area contributed by atoms with E-state index in [1.54, 1.807) is 13.0 Å². The summed E-state index contributed by atoms with van der Waals surface area (Å²) in [6.07, 6.45) is 1.70. The molecule has 3 rings (SSSR count). The molecular weight excluding hydrogens is 425 g/mol. The van der Waals surface area contributed by atoms with Gasteiger partial charge < -0.3 is 10.1 Å². The van der Waals surface area contributed by atoms with Crippen LogP contribution in [0.25, 0.3) is 11.0 Å². The average Bonchev–Trinajstić information content (AvgIpc) is 3.06. The van der Waals surface area contributed by atoms with Crippen LogP contribution >= 0.6 is 11.6 Å². The molecule has 1 amide bonds. The number of anilines is 2. The third kappa shape index (κ3) is 4.40. The van der Waals surface area contributed by atoms with Gasteiger partial charge in [-0.2, -0.15) is 0 Å². The van der Waals surface area contributed by atoms with Gasteiger partial charge in [-0.05, 0) is 24.6 Å². The molecule has 2 aromatic heterocycles. The average molecular weight is 442 g/mol. The number of fused-ring (bicyclic) bond motifs is 1. The molecule has 3 N–H and O–H groups in total. The highest BCUT2D eigenvalue weighted by Crippen LogP contribution is 2.28. The minimum absolute atomic E-state index is 0.173. The van der Waals surface area contributed by atoms with Crippen LogP contribution in [0.15, 0.2) is 24.4 Å². The van der Waals surface area contributed by atoms with Gasteiger partial charge in [0.15, 0.2) is 11.5 Å². The molecule has 154 valence electrons. The zero-order chi connectivity index (χ0) is 21.2. The molecule has 2 heterocycles. The van der Waals surface area contributed by atoms with Crippen LogP contribution in [0.4, 0.5) is 15.8 Å². The Morgan fingerprint density at radius 2 is 2.14 bits per heavy atom. The van der Waals surface area contributed by atoms with Gasteiger partial charge in [-0.15, -0.1) is 5.10 Å². The summed E-state index contributed by atoms with van der Waals surface area (Å²) in [7, 11) is -2.31. The summed E-state index contributed by atoms with van der Waals surface area (Å²) in [6.45, 7) is 1.68. The lowest BCUT2D eigenvalue weighted by Crippen LogP contribution is -2.20. The number of H-pyrrole nitrogens is 1. The van der Waals surface area contributed by atoms with Crippen LogP contribution in [-0.4, -0.2) is 42.4 Å². The molecule has 0 atom stereocenters. The summed E-state index contributed by atoms with van der Waals surface area (Å²) in [5.74, 6) is -1.85. The Hall–Kier alpha value is -2.92. The predicted octanol–water partition coefficient (Wildman–Crippen LogP) is 3.16. The SMILES string of the molecule is CCCS(=O)(=O)Nc1ccc(Cl)c(C(=O)Nc2cnc3[nH]nc(OC)c3c2)c1F. The van der Waals surface area contributed by atoms with Gasteiger partial charge in [-0.1, -0.05) is 18.5 Å². The van der Waals surface area contributed by atoms with E-state index in [0.29, 0.717) is 17.5 Å². The smallest absolute Gasteiger partial charge is 0.260 e. The van der Waals surface area contributed by atoms with Crippen molar-refractivity contribution in [1.29, 1.82) is 0 Å². The van der Waals surface area contributed by atoms with Crippen molar-refractivity contribution in [3.63, 3.8) is 0 Å². The van der Waals surface area contributed by atoms with E-state index in [2.05, 4.69) is 25.2 Å². The first-order chi connectivity index (χ1) is 13.8. The van der Waals surface area contributed by atoms with Gasteiger partial charge >= 0.3 is 0 Å². The molecule has 0 radical (unpaired) electrons. The highest BCUT2D eigenvalue weighted by atomic mass is 35.5. The largest absolute Gasteiger partial charge is 0.479 e. The number of nitrogens with one attached hydrogen (secondary N) is 3. The summed E-state index contributed by atoms with van der Waals surface area (Å²) in [4.78, 5) is 16.7. The summed E-state index contributed by atoms with van der Waals surface area (Å²) >= 11 is 5.99. The lowest BCUT2D eigenvalue weighted by atomic mass is 10.1. The second-order valence-electron chi connectivity index (χ2n) is 6.01. The third-order valence-corrected chi connectivity index (χ3v) is 5.68. The number of methoxy groups -OCH3 is 1. The Labute approximate surface area is 170 Å². The molecule has 0 saturated heterocycles. The van der Waals surface area contributed by atoms with Gasteiger partial charge in [-0.3, -0.25) is 14.6 Å². The molecule has 0 aliphatic carbocycles. The second-order valence-corrected chi connectivity index (χ2v) is 8.26. The number of sulfonamides is 1. The predicted molar refractivity (Wildman–Crippen MR) is 108 cm³/mol. The van der Waals surface area contributed by atoms with Gasteiger partial charge in [0, 0.05) is 0 Å². The normalized spacial score (nSPS) is 11.4. The summed E-state index contributed by atoms with van der Waals surface area (Å²) in [5, 5.41) is 9.40. The first-order valence-corrected chi connectivity index (χ1v) is 10.5. The summed E-state index contributed by atoms with van der Waals surface area (Å²) in [6, 6.07) is 3.94. The molecule has 0 aliphatic rings. The molecule has 0 saturated carbocycles. The van der Waals surface area contributed by atoms with Crippen molar-refractivity contribution in [2.75, 3.05) is 22.9 Å². The molecule has 3 aromatic rings. The van der Waals surface area contributed by atoms with Gasteiger partial charge in [0.25, 0.3) is 5.91 Å². The highest BCUT2D eigenvalue weighted by Gasteiger charge is 2.22. The standard InChI is InChI=1S/C17H17ClFN5O4S/c1-3-6-29(26,27)24-12-5-4-11(18)13(14(12)19)16(25)21-9-7-10-15(20-8-9)22-23-17(10)28-2/h4-5,7-8,24H,3,6H2,1-2H3,(H,21,25)(H,20,22,23). The number of ether oxygens (including phenoxy) is 1. The molecule has 1 aromatic carbocycles. The van der Waals surface area contributed by atoms with E-state index in [4.69, 9.17) is 16.3 Å². The number of carbonyl (C=O) groups is 1. The van der Waals surface area contributed by atoms with E-state index < -0.39 is 27.3 Å². The van der Waals surface area contributed by atoms with Crippen molar-refractivity contribution in [3.05, 3.63) is 40.8 Å². The quantitative estimate of drug-likeness (QED) is 0.517.